The number of benzene rings is 1. The molecular formula is C20H18FN5O2S. The summed E-state index contributed by atoms with van der Waals surface area (Å²) in [5.74, 6) is -0.539. The molecule has 0 aliphatic carbocycles. The Kier molecular flexibility index (Phi) is 4.20. The number of pyridine rings is 1. The summed E-state index contributed by atoms with van der Waals surface area (Å²) in [6.45, 7) is 1.43. The average Bonchev–Trinajstić information content (AvgIpc) is 3.17. The number of aromatic nitrogens is 4. The van der Waals surface area contributed by atoms with E-state index in [-0.39, 0.29) is 6.04 Å². The van der Waals surface area contributed by atoms with Gasteiger partial charge in [0.25, 0.3) is 0 Å². The van der Waals surface area contributed by atoms with Crippen LogP contribution in [-0.2, 0) is 7.05 Å². The lowest BCUT2D eigenvalue weighted by Crippen LogP contribution is -2.45. The summed E-state index contributed by atoms with van der Waals surface area (Å²) >= 11 is 1.65. The van der Waals surface area contributed by atoms with Crippen molar-refractivity contribution in [2.45, 2.75) is 18.9 Å². The molecule has 0 atom stereocenters. The Morgan fingerprint density at radius 3 is 2.66 bits per heavy atom. The summed E-state index contributed by atoms with van der Waals surface area (Å²) in [4.78, 5) is 36.2. The van der Waals surface area contributed by atoms with Crippen LogP contribution in [0.5, 0.6) is 0 Å². The molecule has 7 nitrogen and oxygen atoms in total. The highest BCUT2D eigenvalue weighted by atomic mass is 32.1. The van der Waals surface area contributed by atoms with Gasteiger partial charge in [-0.05, 0) is 25.0 Å². The smallest absolute Gasteiger partial charge is 0.318 e. The Morgan fingerprint density at radius 2 is 1.90 bits per heavy atom. The minimum Gasteiger partial charge on any atom is -0.348 e. The molecule has 9 heteroatoms. The second-order valence-electron chi connectivity index (χ2n) is 7.22. The van der Waals surface area contributed by atoms with Gasteiger partial charge in [-0.25, -0.2) is 14.4 Å². The van der Waals surface area contributed by atoms with Crippen molar-refractivity contribution in [2.24, 2.45) is 7.05 Å². The van der Waals surface area contributed by atoms with Crippen LogP contribution in [-0.4, -0.2) is 32.2 Å². The van der Waals surface area contributed by atoms with Crippen LogP contribution in [0, 0.1) is 5.82 Å². The van der Waals surface area contributed by atoms with Crippen LogP contribution in [0.2, 0.25) is 0 Å². The summed E-state index contributed by atoms with van der Waals surface area (Å²) in [6.07, 6.45) is 2.44. The molecule has 0 bridgehead atoms. The monoisotopic (exact) mass is 411 g/mol. The van der Waals surface area contributed by atoms with Crippen molar-refractivity contribution in [1.29, 1.82) is 0 Å². The molecule has 29 heavy (non-hydrogen) atoms. The molecule has 1 aliphatic rings. The first-order valence-corrected chi connectivity index (χ1v) is 10.2. The maximum absolute atomic E-state index is 13.7. The fourth-order valence-corrected chi connectivity index (χ4v) is 4.97. The third kappa shape index (κ3) is 2.93. The van der Waals surface area contributed by atoms with E-state index in [1.807, 2.05) is 18.2 Å². The molecule has 4 heterocycles. The standard InChI is InChI=1S/C20H18FN5O2S/c1-24-15-10-12(21)11-22-17(15)26(19(28)18(24)27)13-6-8-25(9-7-13)20-23-14-4-2-3-5-16(14)29-20/h2-5,10-11,13H,6-9H2,1H3. The zero-order chi connectivity index (χ0) is 20.1. The molecule has 0 saturated carbocycles. The van der Waals surface area contributed by atoms with Gasteiger partial charge in [0.05, 0.1) is 21.9 Å². The van der Waals surface area contributed by atoms with Crippen molar-refractivity contribution < 1.29 is 4.39 Å². The molecule has 0 unspecified atom stereocenters. The summed E-state index contributed by atoms with van der Waals surface area (Å²) in [5, 5.41) is 0.964. The number of hydrogen-bond donors (Lipinski definition) is 0. The van der Waals surface area contributed by atoms with Crippen LogP contribution in [0.1, 0.15) is 18.9 Å². The number of para-hydroxylation sites is 1. The van der Waals surface area contributed by atoms with Gasteiger partial charge in [0, 0.05) is 32.2 Å². The third-order valence-corrected chi connectivity index (χ3v) is 6.59. The molecule has 0 amide bonds. The Morgan fingerprint density at radius 1 is 1.14 bits per heavy atom. The number of anilines is 1. The number of halogens is 1. The quantitative estimate of drug-likeness (QED) is 0.474. The topological polar surface area (TPSA) is 73.0 Å². The first-order chi connectivity index (χ1) is 14.0. The minimum atomic E-state index is -0.668. The molecule has 0 N–H and O–H groups in total. The fourth-order valence-electron chi connectivity index (χ4n) is 3.96. The first kappa shape index (κ1) is 18.0. The number of rotatable bonds is 2. The molecule has 4 aromatic rings. The van der Waals surface area contributed by atoms with Gasteiger partial charge in [0.1, 0.15) is 5.82 Å². The normalized spacial score (nSPS) is 15.4. The zero-order valence-electron chi connectivity index (χ0n) is 15.7. The van der Waals surface area contributed by atoms with Crippen LogP contribution in [0.4, 0.5) is 9.52 Å². The van der Waals surface area contributed by atoms with Crippen LogP contribution in [0.15, 0.2) is 46.1 Å². The van der Waals surface area contributed by atoms with Crippen molar-refractivity contribution in [3.8, 4) is 0 Å². The van der Waals surface area contributed by atoms with Crippen molar-refractivity contribution in [2.75, 3.05) is 18.0 Å². The third-order valence-electron chi connectivity index (χ3n) is 5.49. The highest BCUT2D eigenvalue weighted by Gasteiger charge is 2.26. The van der Waals surface area contributed by atoms with Gasteiger partial charge in [-0.3, -0.25) is 14.2 Å². The molecule has 3 aromatic heterocycles. The molecule has 1 aliphatic heterocycles. The second kappa shape index (κ2) is 6.77. The summed E-state index contributed by atoms with van der Waals surface area (Å²) < 4.78 is 17.4. The van der Waals surface area contributed by atoms with E-state index in [2.05, 4.69) is 16.0 Å². The molecule has 5 rings (SSSR count). The van der Waals surface area contributed by atoms with Gasteiger partial charge < -0.3 is 9.47 Å². The highest BCUT2D eigenvalue weighted by Crippen LogP contribution is 2.32. The molecule has 1 aromatic carbocycles. The molecule has 0 radical (unpaired) electrons. The molecular weight excluding hydrogens is 393 g/mol. The number of hydrogen-bond acceptors (Lipinski definition) is 6. The van der Waals surface area contributed by atoms with E-state index < -0.39 is 16.9 Å². The predicted octanol–water partition coefficient (Wildman–Crippen LogP) is 2.69. The van der Waals surface area contributed by atoms with Crippen LogP contribution in [0.25, 0.3) is 21.4 Å². The van der Waals surface area contributed by atoms with E-state index in [0.717, 1.165) is 34.6 Å². The lowest BCUT2D eigenvalue weighted by atomic mass is 10.0. The van der Waals surface area contributed by atoms with E-state index in [1.54, 1.807) is 11.3 Å². The lowest BCUT2D eigenvalue weighted by Gasteiger charge is -2.33. The maximum Gasteiger partial charge on any atom is 0.318 e. The predicted molar refractivity (Wildman–Crippen MR) is 111 cm³/mol. The van der Waals surface area contributed by atoms with E-state index in [0.29, 0.717) is 24.0 Å². The summed E-state index contributed by atoms with van der Waals surface area (Å²) in [6, 6.07) is 9.11. The van der Waals surface area contributed by atoms with Gasteiger partial charge >= 0.3 is 11.1 Å². The Bertz CT molecular complexity index is 1320. The number of piperidine rings is 1. The molecule has 1 fully saturated rings. The van der Waals surface area contributed by atoms with Crippen LogP contribution >= 0.6 is 11.3 Å². The summed E-state index contributed by atoms with van der Waals surface area (Å²) in [7, 11) is 1.47. The molecule has 1 saturated heterocycles. The summed E-state index contributed by atoms with van der Waals surface area (Å²) in [5.41, 5.74) is 0.366. The van der Waals surface area contributed by atoms with Crippen molar-refractivity contribution in [3.05, 3.63) is 63.1 Å². The average molecular weight is 411 g/mol. The van der Waals surface area contributed by atoms with Crippen molar-refractivity contribution in [1.82, 2.24) is 19.1 Å². The molecule has 148 valence electrons. The van der Waals surface area contributed by atoms with Crippen LogP contribution < -0.4 is 16.0 Å². The van der Waals surface area contributed by atoms with Gasteiger partial charge in [0.15, 0.2) is 10.8 Å². The largest absolute Gasteiger partial charge is 0.348 e. The first-order valence-electron chi connectivity index (χ1n) is 9.40. The van der Waals surface area contributed by atoms with Crippen molar-refractivity contribution in [3.63, 3.8) is 0 Å². The van der Waals surface area contributed by atoms with Gasteiger partial charge in [0.2, 0.25) is 0 Å². The van der Waals surface area contributed by atoms with Gasteiger partial charge in [-0.2, -0.15) is 0 Å². The lowest BCUT2D eigenvalue weighted by molar-refractivity contribution is 0.392. The molecule has 0 spiro atoms. The number of fused-ring (bicyclic) bond motifs is 2. The minimum absolute atomic E-state index is 0.164. The second-order valence-corrected chi connectivity index (χ2v) is 8.23. The SMILES string of the molecule is Cn1c(=O)c(=O)n(C2CCN(c3nc4ccccc4s3)CC2)c2ncc(F)cc21. The number of thiazole rings is 1. The number of aryl methyl sites for hydroxylation is 1. The van der Waals surface area contributed by atoms with E-state index in [1.165, 1.54) is 22.2 Å². The van der Waals surface area contributed by atoms with Crippen LogP contribution in [0.3, 0.4) is 0 Å². The highest BCUT2D eigenvalue weighted by molar-refractivity contribution is 7.22. The van der Waals surface area contributed by atoms with E-state index in [4.69, 9.17) is 4.98 Å². The van der Waals surface area contributed by atoms with Gasteiger partial charge in [-0.15, -0.1) is 0 Å². The van der Waals surface area contributed by atoms with E-state index >= 15 is 0 Å². The van der Waals surface area contributed by atoms with E-state index in [9.17, 15) is 14.0 Å². The zero-order valence-corrected chi connectivity index (χ0v) is 16.5. The fraction of sp³-hybridized carbons (Fsp3) is 0.300. The number of nitrogens with zero attached hydrogens (tertiary/aromatic N) is 5. The Hall–Kier alpha value is -3.07. The maximum atomic E-state index is 13.7. The van der Waals surface area contributed by atoms with Gasteiger partial charge in [-0.1, -0.05) is 23.5 Å². The Balaban J connectivity index is 1.48. The van der Waals surface area contributed by atoms with Crippen molar-refractivity contribution >= 4 is 37.8 Å². The Labute approximate surface area is 168 Å².